The first-order valence-electron chi connectivity index (χ1n) is 8.20. The quantitative estimate of drug-likeness (QED) is 0.773. The fourth-order valence-electron chi connectivity index (χ4n) is 2.57. The van der Waals surface area contributed by atoms with Crippen LogP contribution in [0.15, 0.2) is 48.7 Å². The Balaban J connectivity index is 2.00. The molecule has 1 atom stereocenters. The van der Waals surface area contributed by atoms with Crippen molar-refractivity contribution in [1.29, 1.82) is 0 Å². The van der Waals surface area contributed by atoms with Crippen molar-refractivity contribution in [3.63, 3.8) is 0 Å². The van der Waals surface area contributed by atoms with E-state index in [9.17, 15) is 5.11 Å². The molecule has 1 aromatic heterocycles. The van der Waals surface area contributed by atoms with Gasteiger partial charge in [0.15, 0.2) is 0 Å². The summed E-state index contributed by atoms with van der Waals surface area (Å²) in [6, 6.07) is 14.5. The lowest BCUT2D eigenvalue weighted by Gasteiger charge is -2.26. The fraction of sp³-hybridized carbons (Fsp3) is 0.474. The molecule has 23 heavy (non-hydrogen) atoms. The Morgan fingerprint density at radius 2 is 1.83 bits per heavy atom. The molecule has 0 fully saturated rings. The van der Waals surface area contributed by atoms with Gasteiger partial charge in [-0.15, -0.1) is 0 Å². The Bertz CT molecular complexity index is 566. The first-order chi connectivity index (χ1) is 11.0. The van der Waals surface area contributed by atoms with Gasteiger partial charge in [-0.3, -0.25) is 4.90 Å². The molecular formula is C19H28N2O2. The van der Waals surface area contributed by atoms with Gasteiger partial charge in [0.1, 0.15) is 0 Å². The summed E-state index contributed by atoms with van der Waals surface area (Å²) in [5.41, 5.74) is 2.48. The molecule has 1 N–H and O–H groups in total. The van der Waals surface area contributed by atoms with Gasteiger partial charge in [-0.05, 0) is 31.5 Å². The normalized spacial score (nSPS) is 13.0. The zero-order valence-electron chi connectivity index (χ0n) is 14.4. The van der Waals surface area contributed by atoms with E-state index in [2.05, 4.69) is 27.7 Å². The molecule has 0 saturated heterocycles. The van der Waals surface area contributed by atoms with Crippen LogP contribution in [-0.4, -0.2) is 39.9 Å². The van der Waals surface area contributed by atoms with E-state index in [1.165, 1.54) is 11.3 Å². The van der Waals surface area contributed by atoms with Crippen LogP contribution in [-0.2, 0) is 24.9 Å². The second-order valence-corrected chi connectivity index (χ2v) is 6.30. The molecule has 0 spiro atoms. The molecule has 0 aliphatic rings. The number of hydrogen-bond donors (Lipinski definition) is 1. The van der Waals surface area contributed by atoms with Crippen LogP contribution in [0, 0.1) is 0 Å². The molecule has 0 saturated carbocycles. The zero-order chi connectivity index (χ0) is 16.7. The van der Waals surface area contributed by atoms with Crippen LogP contribution >= 0.6 is 0 Å². The summed E-state index contributed by atoms with van der Waals surface area (Å²) in [6.45, 7) is 6.54. The smallest absolute Gasteiger partial charge is 0.0900 e. The number of hydrogen-bond acceptors (Lipinski definition) is 3. The highest BCUT2D eigenvalue weighted by atomic mass is 16.5. The first kappa shape index (κ1) is 17.7. The Morgan fingerprint density at radius 1 is 1.09 bits per heavy atom. The molecule has 1 heterocycles. The van der Waals surface area contributed by atoms with Gasteiger partial charge in [-0.2, -0.15) is 0 Å². The highest BCUT2D eigenvalue weighted by Gasteiger charge is 2.15. The van der Waals surface area contributed by atoms with Crippen LogP contribution in [0.25, 0.3) is 0 Å². The van der Waals surface area contributed by atoms with Crippen LogP contribution in [0.5, 0.6) is 0 Å². The van der Waals surface area contributed by atoms with E-state index in [0.29, 0.717) is 13.2 Å². The maximum Gasteiger partial charge on any atom is 0.0900 e. The van der Waals surface area contributed by atoms with Gasteiger partial charge < -0.3 is 14.4 Å². The van der Waals surface area contributed by atoms with Gasteiger partial charge in [-0.1, -0.05) is 30.3 Å². The minimum atomic E-state index is -0.485. The molecule has 126 valence electrons. The highest BCUT2D eigenvalue weighted by Crippen LogP contribution is 2.11. The van der Waals surface area contributed by atoms with Crippen molar-refractivity contribution in [3.05, 3.63) is 59.9 Å². The van der Waals surface area contributed by atoms with Gasteiger partial charge in [0.05, 0.1) is 18.8 Å². The van der Waals surface area contributed by atoms with Gasteiger partial charge in [0.2, 0.25) is 0 Å². The van der Waals surface area contributed by atoms with Gasteiger partial charge in [0.25, 0.3) is 0 Å². The number of aliphatic hydroxyl groups excluding tert-OH is 1. The van der Waals surface area contributed by atoms with E-state index >= 15 is 0 Å². The SMILES string of the molecule is CC(C)OC[C@@H](O)CN(Cc1ccccc1)Cc1cccn1C. The molecule has 0 bridgehead atoms. The second-order valence-electron chi connectivity index (χ2n) is 6.30. The second kappa shape index (κ2) is 8.87. The van der Waals surface area contributed by atoms with E-state index in [0.717, 1.165) is 13.1 Å². The maximum atomic E-state index is 10.3. The van der Waals surface area contributed by atoms with Crippen LogP contribution in [0.2, 0.25) is 0 Å². The third-order valence-electron chi connectivity index (χ3n) is 3.78. The maximum absolute atomic E-state index is 10.3. The van der Waals surface area contributed by atoms with E-state index in [-0.39, 0.29) is 6.10 Å². The van der Waals surface area contributed by atoms with E-state index in [1.807, 2.05) is 51.4 Å². The summed E-state index contributed by atoms with van der Waals surface area (Å²) < 4.78 is 7.65. The zero-order valence-corrected chi connectivity index (χ0v) is 14.4. The van der Waals surface area contributed by atoms with Crippen LogP contribution in [0.4, 0.5) is 0 Å². The predicted octanol–water partition coefficient (Wildman–Crippen LogP) is 2.81. The molecule has 0 aliphatic heterocycles. The third kappa shape index (κ3) is 6.18. The molecular weight excluding hydrogens is 288 g/mol. The molecule has 4 heteroatoms. The van der Waals surface area contributed by atoms with Crippen LogP contribution in [0.1, 0.15) is 25.1 Å². The number of nitrogens with zero attached hydrogens (tertiary/aromatic N) is 2. The van der Waals surface area contributed by atoms with Crippen molar-refractivity contribution in [2.45, 2.75) is 39.1 Å². The highest BCUT2D eigenvalue weighted by molar-refractivity contribution is 5.15. The molecule has 0 amide bonds. The third-order valence-corrected chi connectivity index (χ3v) is 3.78. The van der Waals surface area contributed by atoms with E-state index in [4.69, 9.17) is 4.74 Å². The summed E-state index contributed by atoms with van der Waals surface area (Å²) >= 11 is 0. The first-order valence-corrected chi connectivity index (χ1v) is 8.20. The van der Waals surface area contributed by atoms with Crippen molar-refractivity contribution in [2.75, 3.05) is 13.2 Å². The summed E-state index contributed by atoms with van der Waals surface area (Å²) in [7, 11) is 2.05. The average Bonchev–Trinajstić information content (AvgIpc) is 2.91. The van der Waals surface area contributed by atoms with Crippen LogP contribution < -0.4 is 0 Å². The van der Waals surface area contributed by atoms with Gasteiger partial charge in [-0.25, -0.2) is 0 Å². The van der Waals surface area contributed by atoms with Crippen molar-refractivity contribution in [2.24, 2.45) is 7.05 Å². The Kier molecular flexibility index (Phi) is 6.84. The number of aliphatic hydroxyl groups is 1. The number of ether oxygens (including phenoxy) is 1. The van der Waals surface area contributed by atoms with Crippen molar-refractivity contribution in [1.82, 2.24) is 9.47 Å². The number of aryl methyl sites for hydroxylation is 1. The number of aromatic nitrogens is 1. The molecule has 1 aromatic carbocycles. The molecule has 2 aromatic rings. The molecule has 2 rings (SSSR count). The molecule has 4 nitrogen and oxygen atoms in total. The van der Waals surface area contributed by atoms with Crippen molar-refractivity contribution in [3.8, 4) is 0 Å². The molecule has 0 unspecified atom stereocenters. The summed E-state index contributed by atoms with van der Waals surface area (Å²) in [5, 5.41) is 10.3. The molecule has 0 aliphatic carbocycles. The minimum absolute atomic E-state index is 0.139. The van der Waals surface area contributed by atoms with E-state index < -0.39 is 6.10 Å². The summed E-state index contributed by atoms with van der Waals surface area (Å²) in [4.78, 5) is 2.26. The lowest BCUT2D eigenvalue weighted by Crippen LogP contribution is -2.35. The Labute approximate surface area is 139 Å². The standard InChI is InChI=1S/C19H28N2O2/c1-16(2)23-15-19(22)14-21(12-17-8-5-4-6-9-17)13-18-10-7-11-20(18)3/h4-11,16,19,22H,12-15H2,1-3H3/t19-/m0/s1. The largest absolute Gasteiger partial charge is 0.389 e. The van der Waals surface area contributed by atoms with Gasteiger partial charge in [0, 0.05) is 38.6 Å². The lowest BCUT2D eigenvalue weighted by atomic mass is 10.2. The minimum Gasteiger partial charge on any atom is -0.389 e. The Hall–Kier alpha value is -1.62. The Morgan fingerprint density at radius 3 is 2.43 bits per heavy atom. The predicted molar refractivity (Wildman–Crippen MR) is 93.1 cm³/mol. The van der Waals surface area contributed by atoms with Crippen molar-refractivity contribution >= 4 is 0 Å². The van der Waals surface area contributed by atoms with Gasteiger partial charge >= 0.3 is 0 Å². The van der Waals surface area contributed by atoms with E-state index in [1.54, 1.807) is 0 Å². The van der Waals surface area contributed by atoms with Crippen molar-refractivity contribution < 1.29 is 9.84 Å². The summed E-state index contributed by atoms with van der Waals surface area (Å²) in [5.74, 6) is 0. The topological polar surface area (TPSA) is 37.6 Å². The number of benzene rings is 1. The van der Waals surface area contributed by atoms with Crippen LogP contribution in [0.3, 0.4) is 0 Å². The monoisotopic (exact) mass is 316 g/mol. The lowest BCUT2D eigenvalue weighted by molar-refractivity contribution is -0.0109. The summed E-state index contributed by atoms with van der Waals surface area (Å²) in [6.07, 6.45) is 1.70. The molecule has 0 radical (unpaired) electrons. The number of rotatable bonds is 9. The average molecular weight is 316 g/mol. The fourth-order valence-corrected chi connectivity index (χ4v) is 2.57.